The smallest absolute Gasteiger partial charge is 0.121 e. The summed E-state index contributed by atoms with van der Waals surface area (Å²) in [5.74, 6) is 1.60. The minimum absolute atomic E-state index is 0.401. The summed E-state index contributed by atoms with van der Waals surface area (Å²) in [6.07, 6.45) is 9.42. The van der Waals surface area contributed by atoms with Gasteiger partial charge in [-0.2, -0.15) is 5.10 Å². The van der Waals surface area contributed by atoms with Crippen molar-refractivity contribution in [2.24, 2.45) is 11.3 Å². The van der Waals surface area contributed by atoms with Gasteiger partial charge in [-0.05, 0) is 37.5 Å². The average molecular weight is 339 g/mol. The van der Waals surface area contributed by atoms with Crippen molar-refractivity contribution in [1.82, 2.24) is 9.78 Å². The molecule has 1 saturated heterocycles. The number of hydrogen-bond donors (Lipinski definition) is 1. The van der Waals surface area contributed by atoms with Crippen LogP contribution in [0.5, 0.6) is 5.75 Å². The van der Waals surface area contributed by atoms with Crippen LogP contribution in [0.1, 0.15) is 25.7 Å². The molecule has 132 valence electrons. The summed E-state index contributed by atoms with van der Waals surface area (Å²) in [5.41, 5.74) is 1.57. The van der Waals surface area contributed by atoms with Crippen LogP contribution in [0.25, 0.3) is 0 Å². The van der Waals surface area contributed by atoms with Crippen molar-refractivity contribution in [3.8, 4) is 5.75 Å². The maximum atomic E-state index is 6.02. The molecule has 1 aromatic heterocycles. The molecule has 0 bridgehead atoms. The molecule has 0 radical (unpaired) electrons. The Morgan fingerprint density at radius 1 is 1.32 bits per heavy atom. The fraction of sp³-hybridized carbons (Fsp3) is 0.550. The second-order valence-electron chi connectivity index (χ2n) is 7.60. The van der Waals surface area contributed by atoms with Crippen molar-refractivity contribution in [3.05, 3.63) is 42.7 Å². The van der Waals surface area contributed by atoms with E-state index in [0.717, 1.165) is 18.9 Å². The average Bonchev–Trinajstić information content (AvgIpc) is 3.22. The molecule has 5 heteroatoms. The number of hydrogen-bond acceptors (Lipinski definition) is 4. The molecule has 2 aliphatic carbocycles. The van der Waals surface area contributed by atoms with Gasteiger partial charge in [-0.25, -0.2) is 0 Å². The van der Waals surface area contributed by atoms with E-state index in [2.05, 4.69) is 28.6 Å². The summed E-state index contributed by atoms with van der Waals surface area (Å²) in [5, 5.41) is 8.01. The standard InChI is InChI=1S/C20H25N3O2/c1-4-15(14-16(5-1)24-13-11-23-10-3-9-21-23)22-18-17-6-12-25-19(17)20(18)7-2-8-20/h1,3-5,9-10,14,17-19,22H,2,6-8,11-13H2/t17-,18+,19-/m0/s1. The molecular weight excluding hydrogens is 314 g/mol. The highest BCUT2D eigenvalue weighted by molar-refractivity contribution is 5.50. The highest BCUT2D eigenvalue weighted by Crippen LogP contribution is 2.63. The molecule has 2 heterocycles. The van der Waals surface area contributed by atoms with E-state index in [0.29, 0.717) is 30.1 Å². The lowest BCUT2D eigenvalue weighted by molar-refractivity contribution is -0.158. The number of fused-ring (bicyclic) bond motifs is 2. The van der Waals surface area contributed by atoms with Gasteiger partial charge >= 0.3 is 0 Å². The van der Waals surface area contributed by atoms with Gasteiger partial charge in [-0.15, -0.1) is 0 Å². The summed E-state index contributed by atoms with van der Waals surface area (Å²) in [6, 6.07) is 10.9. The lowest BCUT2D eigenvalue weighted by Crippen LogP contribution is -2.68. The van der Waals surface area contributed by atoms with Crippen molar-refractivity contribution >= 4 is 5.69 Å². The van der Waals surface area contributed by atoms with Gasteiger partial charge in [0, 0.05) is 48.1 Å². The number of ether oxygens (including phenoxy) is 2. The van der Waals surface area contributed by atoms with E-state index in [9.17, 15) is 0 Å². The molecule has 25 heavy (non-hydrogen) atoms. The van der Waals surface area contributed by atoms with E-state index in [-0.39, 0.29) is 0 Å². The maximum Gasteiger partial charge on any atom is 0.121 e. The molecule has 1 aliphatic heterocycles. The Labute approximate surface area is 148 Å². The van der Waals surface area contributed by atoms with Crippen LogP contribution >= 0.6 is 0 Å². The van der Waals surface area contributed by atoms with E-state index in [4.69, 9.17) is 9.47 Å². The monoisotopic (exact) mass is 339 g/mol. The highest BCUT2D eigenvalue weighted by atomic mass is 16.5. The van der Waals surface area contributed by atoms with Crippen LogP contribution in [0.2, 0.25) is 0 Å². The van der Waals surface area contributed by atoms with Crippen LogP contribution in [-0.4, -0.2) is 35.1 Å². The molecule has 1 spiro atoms. The Morgan fingerprint density at radius 2 is 2.28 bits per heavy atom. The lowest BCUT2D eigenvalue weighted by Gasteiger charge is -2.63. The van der Waals surface area contributed by atoms with E-state index in [1.807, 2.05) is 23.0 Å². The third kappa shape index (κ3) is 2.53. The zero-order valence-electron chi connectivity index (χ0n) is 14.4. The molecule has 5 nitrogen and oxygen atoms in total. The molecule has 1 aromatic carbocycles. The fourth-order valence-corrected chi connectivity index (χ4v) is 5.00. The molecule has 2 saturated carbocycles. The first-order valence-corrected chi connectivity index (χ1v) is 9.44. The molecule has 0 unspecified atom stereocenters. The Bertz CT molecular complexity index is 726. The maximum absolute atomic E-state index is 6.02. The number of rotatable bonds is 6. The number of nitrogens with one attached hydrogen (secondary N) is 1. The Balaban J connectivity index is 1.22. The quantitative estimate of drug-likeness (QED) is 0.877. The van der Waals surface area contributed by atoms with E-state index < -0.39 is 0 Å². The predicted molar refractivity (Wildman–Crippen MR) is 95.7 cm³/mol. The van der Waals surface area contributed by atoms with Gasteiger partial charge in [-0.1, -0.05) is 12.5 Å². The van der Waals surface area contributed by atoms with Gasteiger partial charge in [-0.3, -0.25) is 4.68 Å². The molecule has 3 atom stereocenters. The van der Waals surface area contributed by atoms with Crippen LogP contribution in [0.4, 0.5) is 5.69 Å². The number of benzene rings is 1. The van der Waals surface area contributed by atoms with Crippen LogP contribution in [0, 0.1) is 11.3 Å². The van der Waals surface area contributed by atoms with Crippen LogP contribution in [0.3, 0.4) is 0 Å². The van der Waals surface area contributed by atoms with Gasteiger partial charge in [0.2, 0.25) is 0 Å². The molecule has 0 amide bonds. The molecule has 2 aromatic rings. The summed E-state index contributed by atoms with van der Waals surface area (Å²) < 4.78 is 13.8. The minimum Gasteiger partial charge on any atom is -0.492 e. The van der Waals surface area contributed by atoms with Gasteiger partial charge < -0.3 is 14.8 Å². The van der Waals surface area contributed by atoms with Crippen LogP contribution in [0.15, 0.2) is 42.7 Å². The van der Waals surface area contributed by atoms with Crippen molar-refractivity contribution in [2.75, 3.05) is 18.5 Å². The van der Waals surface area contributed by atoms with Crippen LogP contribution in [-0.2, 0) is 11.3 Å². The number of anilines is 1. The summed E-state index contributed by atoms with van der Waals surface area (Å²) in [4.78, 5) is 0. The van der Waals surface area contributed by atoms with Gasteiger partial charge in [0.25, 0.3) is 0 Å². The van der Waals surface area contributed by atoms with E-state index >= 15 is 0 Å². The molecular formula is C20H25N3O2. The topological polar surface area (TPSA) is 48.3 Å². The molecule has 3 aliphatic rings. The Kier molecular flexibility index (Phi) is 3.70. The van der Waals surface area contributed by atoms with Crippen molar-refractivity contribution in [3.63, 3.8) is 0 Å². The van der Waals surface area contributed by atoms with Crippen molar-refractivity contribution in [1.29, 1.82) is 0 Å². The molecule has 3 fully saturated rings. The predicted octanol–water partition coefficient (Wildman–Crippen LogP) is 3.33. The van der Waals surface area contributed by atoms with Crippen molar-refractivity contribution in [2.45, 2.75) is 44.4 Å². The third-order valence-corrected chi connectivity index (χ3v) is 6.34. The minimum atomic E-state index is 0.401. The second-order valence-corrected chi connectivity index (χ2v) is 7.60. The van der Waals surface area contributed by atoms with Gasteiger partial charge in [0.05, 0.1) is 12.6 Å². The Hall–Kier alpha value is -2.01. The zero-order valence-corrected chi connectivity index (χ0v) is 14.4. The Morgan fingerprint density at radius 3 is 3.08 bits per heavy atom. The van der Waals surface area contributed by atoms with E-state index in [1.165, 1.54) is 31.4 Å². The second kappa shape index (κ2) is 6.06. The first kappa shape index (κ1) is 15.3. The normalized spacial score (nSPS) is 28.9. The van der Waals surface area contributed by atoms with Crippen molar-refractivity contribution < 1.29 is 9.47 Å². The highest BCUT2D eigenvalue weighted by Gasteiger charge is 2.66. The number of aromatic nitrogens is 2. The molecule has 5 rings (SSSR count). The van der Waals surface area contributed by atoms with Crippen LogP contribution < -0.4 is 10.1 Å². The third-order valence-electron chi connectivity index (χ3n) is 6.34. The first-order chi connectivity index (χ1) is 12.4. The number of nitrogens with zero attached hydrogens (tertiary/aromatic N) is 2. The lowest BCUT2D eigenvalue weighted by atomic mass is 9.46. The molecule has 1 N–H and O–H groups in total. The SMILES string of the molecule is c1cc(N[C@@H]2[C@@H]3CCO[C@@H]3C23CCC3)cc(OCCn2cccn2)c1. The van der Waals surface area contributed by atoms with Gasteiger partial charge in [0.1, 0.15) is 12.4 Å². The van der Waals surface area contributed by atoms with E-state index in [1.54, 1.807) is 6.20 Å². The first-order valence-electron chi connectivity index (χ1n) is 9.44. The van der Waals surface area contributed by atoms with Gasteiger partial charge in [0.15, 0.2) is 0 Å². The zero-order chi connectivity index (χ0) is 16.7. The summed E-state index contributed by atoms with van der Waals surface area (Å²) in [7, 11) is 0. The fourth-order valence-electron chi connectivity index (χ4n) is 5.00. The summed E-state index contributed by atoms with van der Waals surface area (Å²) in [6.45, 7) is 2.32. The largest absolute Gasteiger partial charge is 0.492 e. The summed E-state index contributed by atoms with van der Waals surface area (Å²) >= 11 is 0.